The Kier molecular flexibility index (Phi) is 7.67. The van der Waals surface area contributed by atoms with Gasteiger partial charge in [0.1, 0.15) is 11.6 Å². The van der Waals surface area contributed by atoms with Crippen molar-refractivity contribution in [1.29, 1.82) is 0 Å². The van der Waals surface area contributed by atoms with Gasteiger partial charge in [0.05, 0.1) is 5.69 Å². The SMILES string of the molecule is CN=C(NCCN1CCC1)N1CCN(c2cc(F)ccc2F)CC1.I. The smallest absolute Gasteiger partial charge is 0.193 e. The van der Waals surface area contributed by atoms with E-state index in [1.807, 2.05) is 4.90 Å². The van der Waals surface area contributed by atoms with Crippen LogP contribution < -0.4 is 10.2 Å². The molecule has 0 radical (unpaired) electrons. The molecule has 0 atom stereocenters. The summed E-state index contributed by atoms with van der Waals surface area (Å²) in [6, 6.07) is 3.61. The van der Waals surface area contributed by atoms with Crippen LogP contribution in [0.1, 0.15) is 6.42 Å². The number of benzene rings is 1. The summed E-state index contributed by atoms with van der Waals surface area (Å²) < 4.78 is 27.3. The second kappa shape index (κ2) is 9.51. The number of nitrogens with one attached hydrogen (secondary N) is 1. The van der Waals surface area contributed by atoms with Crippen LogP contribution in [0, 0.1) is 11.6 Å². The Bertz CT molecular complexity index is 586. The Morgan fingerprint density at radius 1 is 1.12 bits per heavy atom. The molecular formula is C17H26F2IN5. The third kappa shape index (κ3) is 5.16. The molecule has 5 nitrogen and oxygen atoms in total. The van der Waals surface area contributed by atoms with Gasteiger partial charge in [0.2, 0.25) is 0 Å². The molecule has 0 aromatic heterocycles. The second-order valence-corrected chi connectivity index (χ2v) is 6.24. The van der Waals surface area contributed by atoms with Gasteiger partial charge in [-0.15, -0.1) is 24.0 Å². The zero-order valence-corrected chi connectivity index (χ0v) is 16.9. The molecule has 0 aliphatic carbocycles. The van der Waals surface area contributed by atoms with Crippen molar-refractivity contribution in [3.8, 4) is 0 Å². The lowest BCUT2D eigenvalue weighted by Gasteiger charge is -2.38. The average Bonchev–Trinajstić information content (AvgIpc) is 2.56. The lowest BCUT2D eigenvalue weighted by atomic mass is 10.2. The summed E-state index contributed by atoms with van der Waals surface area (Å²) in [5, 5.41) is 3.40. The Morgan fingerprint density at radius 2 is 1.84 bits per heavy atom. The van der Waals surface area contributed by atoms with Gasteiger partial charge in [-0.1, -0.05) is 0 Å². The minimum absolute atomic E-state index is 0. The normalized spacial score (nSPS) is 18.6. The van der Waals surface area contributed by atoms with Crippen molar-refractivity contribution in [2.75, 3.05) is 64.3 Å². The van der Waals surface area contributed by atoms with Gasteiger partial charge in [-0.25, -0.2) is 8.78 Å². The van der Waals surface area contributed by atoms with Crippen LogP contribution in [-0.2, 0) is 0 Å². The molecule has 2 aliphatic rings. The van der Waals surface area contributed by atoms with Crippen molar-refractivity contribution in [3.05, 3.63) is 29.8 Å². The highest BCUT2D eigenvalue weighted by molar-refractivity contribution is 14.0. The fourth-order valence-electron chi connectivity index (χ4n) is 3.15. The number of guanidine groups is 1. The minimum Gasteiger partial charge on any atom is -0.366 e. The molecule has 0 unspecified atom stereocenters. The van der Waals surface area contributed by atoms with E-state index < -0.39 is 5.82 Å². The maximum atomic E-state index is 13.9. The molecule has 2 fully saturated rings. The molecule has 0 spiro atoms. The topological polar surface area (TPSA) is 34.1 Å². The first-order valence-corrected chi connectivity index (χ1v) is 8.55. The van der Waals surface area contributed by atoms with Crippen LogP contribution in [0.4, 0.5) is 14.5 Å². The quantitative estimate of drug-likeness (QED) is 0.419. The molecule has 2 heterocycles. The van der Waals surface area contributed by atoms with Gasteiger partial charge in [-0.05, 0) is 31.6 Å². The van der Waals surface area contributed by atoms with E-state index in [2.05, 4.69) is 20.1 Å². The monoisotopic (exact) mass is 465 g/mol. The van der Waals surface area contributed by atoms with E-state index in [1.54, 1.807) is 7.05 Å². The Balaban J connectivity index is 0.00000225. The number of nitrogens with zero attached hydrogens (tertiary/aromatic N) is 4. The lowest BCUT2D eigenvalue weighted by Crippen LogP contribution is -2.53. The first-order valence-electron chi connectivity index (χ1n) is 8.55. The largest absolute Gasteiger partial charge is 0.366 e. The molecule has 8 heteroatoms. The number of likely N-dealkylation sites (tertiary alicyclic amines) is 1. The number of piperazine rings is 1. The summed E-state index contributed by atoms with van der Waals surface area (Å²) in [6.07, 6.45) is 1.30. The van der Waals surface area contributed by atoms with E-state index >= 15 is 0 Å². The van der Waals surface area contributed by atoms with Crippen molar-refractivity contribution in [1.82, 2.24) is 15.1 Å². The molecule has 0 saturated carbocycles. The average molecular weight is 465 g/mol. The third-order valence-corrected chi connectivity index (χ3v) is 4.70. The standard InChI is InChI=1S/C17H25F2N5.HI/c1-20-17(21-5-8-22-6-2-7-22)24-11-9-23(10-12-24)16-13-14(18)3-4-15(16)19;/h3-4,13H,2,5-12H2,1H3,(H,20,21);1H. The van der Waals surface area contributed by atoms with Crippen molar-refractivity contribution < 1.29 is 8.78 Å². The number of hydrogen-bond donors (Lipinski definition) is 1. The predicted octanol–water partition coefficient (Wildman–Crippen LogP) is 1.99. The molecule has 2 saturated heterocycles. The molecule has 1 N–H and O–H groups in total. The molecule has 2 aliphatic heterocycles. The van der Waals surface area contributed by atoms with Crippen molar-refractivity contribution in [2.45, 2.75) is 6.42 Å². The zero-order chi connectivity index (χ0) is 16.9. The van der Waals surface area contributed by atoms with E-state index in [9.17, 15) is 8.78 Å². The first-order chi connectivity index (χ1) is 11.7. The predicted molar refractivity (Wildman–Crippen MR) is 108 cm³/mol. The number of hydrogen-bond acceptors (Lipinski definition) is 3. The van der Waals surface area contributed by atoms with Crippen LogP contribution in [0.3, 0.4) is 0 Å². The van der Waals surface area contributed by atoms with Crippen molar-refractivity contribution in [3.63, 3.8) is 0 Å². The molecular weight excluding hydrogens is 439 g/mol. The van der Waals surface area contributed by atoms with Gasteiger partial charge in [0, 0.05) is 52.4 Å². The highest BCUT2D eigenvalue weighted by Gasteiger charge is 2.22. The van der Waals surface area contributed by atoms with Gasteiger partial charge < -0.3 is 20.0 Å². The summed E-state index contributed by atoms with van der Waals surface area (Å²) in [6.45, 7) is 7.06. The zero-order valence-electron chi connectivity index (χ0n) is 14.5. The van der Waals surface area contributed by atoms with Gasteiger partial charge in [0.15, 0.2) is 5.96 Å². The van der Waals surface area contributed by atoms with Gasteiger partial charge in [-0.2, -0.15) is 0 Å². The molecule has 140 valence electrons. The summed E-state index contributed by atoms with van der Waals surface area (Å²) >= 11 is 0. The van der Waals surface area contributed by atoms with Crippen molar-refractivity contribution in [2.24, 2.45) is 4.99 Å². The Hall–Kier alpha value is -1.16. The number of halogens is 3. The number of aliphatic imine (C=N–C) groups is 1. The first kappa shape index (κ1) is 20.2. The van der Waals surface area contributed by atoms with Crippen LogP contribution in [0.2, 0.25) is 0 Å². The van der Waals surface area contributed by atoms with Gasteiger partial charge in [-0.3, -0.25) is 4.99 Å². The van der Waals surface area contributed by atoms with Crippen LogP contribution in [0.15, 0.2) is 23.2 Å². The molecule has 25 heavy (non-hydrogen) atoms. The highest BCUT2D eigenvalue weighted by atomic mass is 127. The van der Waals surface area contributed by atoms with E-state index in [1.165, 1.54) is 31.6 Å². The van der Waals surface area contributed by atoms with Crippen LogP contribution in [-0.4, -0.2) is 75.2 Å². The lowest BCUT2D eigenvalue weighted by molar-refractivity contribution is 0.184. The van der Waals surface area contributed by atoms with E-state index in [-0.39, 0.29) is 29.8 Å². The van der Waals surface area contributed by atoms with E-state index in [0.717, 1.165) is 38.2 Å². The van der Waals surface area contributed by atoms with Crippen LogP contribution >= 0.6 is 24.0 Å². The van der Waals surface area contributed by atoms with E-state index in [4.69, 9.17) is 0 Å². The fourth-order valence-corrected chi connectivity index (χ4v) is 3.15. The molecule has 1 aromatic carbocycles. The summed E-state index contributed by atoms with van der Waals surface area (Å²) in [4.78, 5) is 10.8. The maximum Gasteiger partial charge on any atom is 0.193 e. The summed E-state index contributed by atoms with van der Waals surface area (Å²) in [5.41, 5.74) is 0.343. The Morgan fingerprint density at radius 3 is 2.44 bits per heavy atom. The van der Waals surface area contributed by atoms with Crippen LogP contribution in [0.25, 0.3) is 0 Å². The number of rotatable bonds is 4. The minimum atomic E-state index is -0.405. The third-order valence-electron chi connectivity index (χ3n) is 4.70. The molecule has 3 rings (SSSR count). The van der Waals surface area contributed by atoms with Crippen molar-refractivity contribution >= 4 is 35.6 Å². The second-order valence-electron chi connectivity index (χ2n) is 6.24. The summed E-state index contributed by atoms with van der Waals surface area (Å²) in [7, 11) is 1.78. The number of anilines is 1. The van der Waals surface area contributed by atoms with Gasteiger partial charge in [0.25, 0.3) is 0 Å². The van der Waals surface area contributed by atoms with Crippen LogP contribution in [0.5, 0.6) is 0 Å². The van der Waals surface area contributed by atoms with Gasteiger partial charge >= 0.3 is 0 Å². The molecule has 0 bridgehead atoms. The molecule has 0 amide bonds. The maximum absolute atomic E-state index is 13.9. The summed E-state index contributed by atoms with van der Waals surface area (Å²) in [5.74, 6) is 0.106. The van der Waals surface area contributed by atoms with E-state index in [0.29, 0.717) is 18.8 Å². The fraction of sp³-hybridized carbons (Fsp3) is 0.588. The highest BCUT2D eigenvalue weighted by Crippen LogP contribution is 2.21. The molecule has 1 aromatic rings. The Labute approximate surface area is 165 Å².